The quantitative estimate of drug-likeness (QED) is 0.132. The zero-order chi connectivity index (χ0) is 32.0. The van der Waals surface area contributed by atoms with Crippen molar-refractivity contribution in [3.8, 4) is 5.75 Å². The number of carboxylic acid groups (broad SMARTS) is 1. The number of urea groups is 1. The van der Waals surface area contributed by atoms with Crippen molar-refractivity contribution < 1.29 is 41.8 Å². The van der Waals surface area contributed by atoms with Gasteiger partial charge in [-0.1, -0.05) is 38.5 Å². The van der Waals surface area contributed by atoms with E-state index in [9.17, 15) is 31.9 Å². The van der Waals surface area contributed by atoms with E-state index in [2.05, 4.69) is 51.5 Å². The van der Waals surface area contributed by atoms with Crippen molar-refractivity contribution in [2.45, 2.75) is 32.7 Å². The van der Waals surface area contributed by atoms with Crippen LogP contribution in [0.1, 0.15) is 25.8 Å². The Labute approximate surface area is 244 Å². The number of carbonyl (C=O) groups excluding carboxylic acids is 2. The Kier molecular flexibility index (Phi) is 12.9. The van der Waals surface area contributed by atoms with Gasteiger partial charge in [0.15, 0.2) is 17.6 Å². The molecule has 2 aromatic carbocycles. The fourth-order valence-corrected chi connectivity index (χ4v) is 3.38. The SMILES string of the molecule is C=N/N=C(/c1ccc(NC(=O)Nc2ccccc2OC(F)(F)F)cc1)N1C=CC=C(C(=O)N[C@@H](CF)C(=O)O)C1.CCC. The van der Waals surface area contributed by atoms with Crippen molar-refractivity contribution >= 4 is 41.8 Å². The van der Waals surface area contributed by atoms with Crippen LogP contribution in [0.2, 0.25) is 0 Å². The molecule has 0 bridgehead atoms. The summed E-state index contributed by atoms with van der Waals surface area (Å²) < 4.78 is 54.7. The first-order valence-electron chi connectivity index (χ1n) is 12.7. The second-order valence-electron chi connectivity index (χ2n) is 8.65. The van der Waals surface area contributed by atoms with Crippen molar-refractivity contribution in [2.75, 3.05) is 23.9 Å². The van der Waals surface area contributed by atoms with Gasteiger partial charge in [-0.15, -0.1) is 18.3 Å². The number of hydrogen-bond acceptors (Lipinski definition) is 6. The number of anilines is 2. The monoisotopic (exact) mass is 606 g/mol. The summed E-state index contributed by atoms with van der Waals surface area (Å²) >= 11 is 0. The number of benzene rings is 2. The number of nitrogens with zero attached hydrogens (tertiary/aromatic N) is 3. The lowest BCUT2D eigenvalue weighted by atomic mass is 10.1. The van der Waals surface area contributed by atoms with Crippen LogP contribution in [0.4, 0.5) is 33.7 Å². The molecule has 1 atom stereocenters. The zero-order valence-electron chi connectivity index (χ0n) is 23.2. The third-order valence-corrected chi connectivity index (χ3v) is 5.15. The van der Waals surface area contributed by atoms with Crippen molar-refractivity contribution in [1.82, 2.24) is 10.2 Å². The third-order valence-electron chi connectivity index (χ3n) is 5.15. The molecular weight excluding hydrogens is 576 g/mol. The molecule has 0 aromatic heterocycles. The predicted octanol–water partition coefficient (Wildman–Crippen LogP) is 5.30. The molecule has 0 unspecified atom stereocenters. The van der Waals surface area contributed by atoms with E-state index in [1.807, 2.05) is 0 Å². The van der Waals surface area contributed by atoms with E-state index in [0.29, 0.717) is 5.56 Å². The number of para-hydroxylation sites is 2. The molecule has 43 heavy (non-hydrogen) atoms. The van der Waals surface area contributed by atoms with Gasteiger partial charge in [0.25, 0.3) is 0 Å². The molecule has 15 heteroatoms. The second kappa shape index (κ2) is 16.3. The Bertz CT molecular complexity index is 1380. The van der Waals surface area contributed by atoms with Crippen LogP contribution in [-0.2, 0) is 9.59 Å². The van der Waals surface area contributed by atoms with Crippen LogP contribution in [0, 0.1) is 0 Å². The lowest BCUT2D eigenvalue weighted by molar-refractivity contribution is -0.274. The Balaban J connectivity index is 0.00000206. The Morgan fingerprint density at radius 2 is 1.74 bits per heavy atom. The van der Waals surface area contributed by atoms with Gasteiger partial charge in [0, 0.05) is 29.7 Å². The van der Waals surface area contributed by atoms with Gasteiger partial charge < -0.3 is 30.7 Å². The van der Waals surface area contributed by atoms with Gasteiger partial charge in [-0.25, -0.2) is 14.0 Å². The third kappa shape index (κ3) is 10.9. The molecule has 230 valence electrons. The van der Waals surface area contributed by atoms with Gasteiger partial charge in [0.2, 0.25) is 5.91 Å². The molecule has 1 heterocycles. The summed E-state index contributed by atoms with van der Waals surface area (Å²) in [7, 11) is 0. The number of amides is 3. The van der Waals surface area contributed by atoms with Gasteiger partial charge in [0.1, 0.15) is 6.67 Å². The maximum Gasteiger partial charge on any atom is 0.573 e. The number of allylic oxidation sites excluding steroid dienone is 2. The van der Waals surface area contributed by atoms with E-state index in [1.54, 1.807) is 18.3 Å². The van der Waals surface area contributed by atoms with Crippen molar-refractivity contribution in [3.05, 3.63) is 78.0 Å². The first-order valence-corrected chi connectivity index (χ1v) is 12.7. The first kappa shape index (κ1) is 34.0. The van der Waals surface area contributed by atoms with E-state index < -0.39 is 42.7 Å². The minimum absolute atomic E-state index is 0.0584. The second-order valence-corrected chi connectivity index (χ2v) is 8.65. The maximum atomic E-state index is 12.9. The lowest BCUT2D eigenvalue weighted by Gasteiger charge is -2.25. The molecule has 3 amide bonds. The maximum absolute atomic E-state index is 12.9. The number of carbonyl (C=O) groups is 3. The van der Waals surface area contributed by atoms with Crippen LogP contribution in [0.3, 0.4) is 0 Å². The molecule has 0 fully saturated rings. The minimum atomic E-state index is -4.94. The standard InChI is InChI=1S/C25H22F4N6O5.C3H8/c1-30-34-21(35-12-4-5-16(14-35)22(36)32-19(13-26)23(37)38)15-8-10-17(11-9-15)31-24(39)33-18-6-2-3-7-20(18)40-25(27,28)29;1-3-2/h2-12,19H,1,13-14H2,(H,32,36)(H,37,38)(H2,31,33,39);3H2,1-2H3/b34-21-;/t19-;/m0./s1. The van der Waals surface area contributed by atoms with Gasteiger partial charge >= 0.3 is 18.4 Å². The van der Waals surface area contributed by atoms with Crippen LogP contribution >= 0.6 is 0 Å². The van der Waals surface area contributed by atoms with Crippen LogP contribution in [0.25, 0.3) is 0 Å². The molecule has 0 aliphatic carbocycles. The number of nitrogens with one attached hydrogen (secondary N) is 3. The summed E-state index contributed by atoms with van der Waals surface area (Å²) in [6, 6.07) is 8.58. The van der Waals surface area contributed by atoms with Gasteiger partial charge in [-0.3, -0.25) is 4.79 Å². The summed E-state index contributed by atoms with van der Waals surface area (Å²) in [5, 5.41) is 23.4. The Morgan fingerprint density at radius 3 is 2.33 bits per heavy atom. The number of ether oxygens (including phenoxy) is 1. The average Bonchev–Trinajstić information content (AvgIpc) is 2.95. The van der Waals surface area contributed by atoms with Crippen molar-refractivity contribution in [3.63, 3.8) is 0 Å². The largest absolute Gasteiger partial charge is 0.573 e. The zero-order valence-corrected chi connectivity index (χ0v) is 23.2. The molecule has 11 nitrogen and oxygen atoms in total. The fraction of sp³-hybridized carbons (Fsp3) is 0.250. The Morgan fingerprint density at radius 1 is 1.09 bits per heavy atom. The normalized spacial score (nSPS) is 13.5. The smallest absolute Gasteiger partial charge is 0.480 e. The number of aliphatic carboxylic acids is 1. The molecular formula is C28H30F4N6O5. The molecule has 0 radical (unpaired) electrons. The molecule has 0 saturated carbocycles. The number of alkyl halides is 4. The highest BCUT2D eigenvalue weighted by Crippen LogP contribution is 2.30. The molecule has 0 spiro atoms. The minimum Gasteiger partial charge on any atom is -0.480 e. The summed E-state index contributed by atoms with van der Waals surface area (Å²) in [6.45, 7) is 6.24. The average molecular weight is 607 g/mol. The number of carboxylic acids is 1. The summed E-state index contributed by atoms with van der Waals surface area (Å²) in [5.41, 5.74) is 0.678. The lowest BCUT2D eigenvalue weighted by Crippen LogP contribution is -2.44. The number of hydrogen-bond donors (Lipinski definition) is 4. The highest BCUT2D eigenvalue weighted by atomic mass is 19.4. The molecule has 0 saturated heterocycles. The Hall–Kier alpha value is -5.21. The molecule has 4 N–H and O–H groups in total. The van der Waals surface area contributed by atoms with Crippen LogP contribution in [0.5, 0.6) is 5.75 Å². The molecule has 2 aromatic rings. The fourth-order valence-electron chi connectivity index (χ4n) is 3.38. The molecule has 1 aliphatic heterocycles. The van der Waals surface area contributed by atoms with E-state index >= 15 is 0 Å². The van der Waals surface area contributed by atoms with Crippen molar-refractivity contribution in [2.24, 2.45) is 10.2 Å². The number of amidine groups is 1. The molecule has 1 aliphatic rings. The van der Waals surface area contributed by atoms with Gasteiger partial charge in [0.05, 0.1) is 12.2 Å². The highest BCUT2D eigenvalue weighted by molar-refractivity contribution is 6.03. The summed E-state index contributed by atoms with van der Waals surface area (Å²) in [6.07, 6.45) is 0.821. The molecule has 3 rings (SSSR count). The topological polar surface area (TPSA) is 145 Å². The predicted molar refractivity (Wildman–Crippen MR) is 154 cm³/mol. The van der Waals surface area contributed by atoms with Crippen LogP contribution < -0.4 is 20.7 Å². The first-order chi connectivity index (χ1) is 20.4. The summed E-state index contributed by atoms with van der Waals surface area (Å²) in [4.78, 5) is 37.4. The highest BCUT2D eigenvalue weighted by Gasteiger charge is 2.32. The van der Waals surface area contributed by atoms with Gasteiger partial charge in [-0.2, -0.15) is 5.10 Å². The van der Waals surface area contributed by atoms with E-state index in [0.717, 1.165) is 6.07 Å². The van der Waals surface area contributed by atoms with Crippen LogP contribution in [0.15, 0.2) is 82.7 Å². The van der Waals surface area contributed by atoms with E-state index in [4.69, 9.17) is 5.11 Å². The van der Waals surface area contributed by atoms with Gasteiger partial charge in [-0.05, 0) is 42.5 Å². The number of halogens is 4. The van der Waals surface area contributed by atoms with E-state index in [1.165, 1.54) is 53.8 Å². The van der Waals surface area contributed by atoms with E-state index in [-0.39, 0.29) is 29.3 Å². The summed E-state index contributed by atoms with van der Waals surface area (Å²) in [5.74, 6) is -2.64. The van der Waals surface area contributed by atoms with Crippen LogP contribution in [-0.4, -0.2) is 66.1 Å². The van der Waals surface area contributed by atoms with Crippen molar-refractivity contribution in [1.29, 1.82) is 0 Å². The number of rotatable bonds is 9.